The van der Waals surface area contributed by atoms with Crippen LogP contribution in [-0.2, 0) is 11.2 Å². The summed E-state index contributed by atoms with van der Waals surface area (Å²) in [6.07, 6.45) is 1.80. The van der Waals surface area contributed by atoms with Gasteiger partial charge in [-0.2, -0.15) is 4.98 Å². The zero-order valence-corrected chi connectivity index (χ0v) is 10.3. The van der Waals surface area contributed by atoms with Crippen LogP contribution in [0.1, 0.15) is 19.2 Å². The van der Waals surface area contributed by atoms with Crippen LogP contribution in [0.3, 0.4) is 0 Å². The Labute approximate surface area is 101 Å². The minimum absolute atomic E-state index is 0.424. The number of nitrogens with zero attached hydrogens (tertiary/aromatic N) is 3. The van der Waals surface area contributed by atoms with Crippen LogP contribution in [-0.4, -0.2) is 43.0 Å². The summed E-state index contributed by atoms with van der Waals surface area (Å²) in [6, 6.07) is 0. The van der Waals surface area contributed by atoms with Gasteiger partial charge < -0.3 is 19.9 Å². The van der Waals surface area contributed by atoms with Crippen LogP contribution in [0, 0.1) is 5.92 Å². The Morgan fingerprint density at radius 2 is 2.18 bits per heavy atom. The van der Waals surface area contributed by atoms with Crippen molar-refractivity contribution in [2.75, 3.05) is 37.7 Å². The van der Waals surface area contributed by atoms with Gasteiger partial charge in [0.05, 0.1) is 13.2 Å². The largest absolute Gasteiger partial charge is 0.378 e. The number of ether oxygens (including phenoxy) is 1. The lowest BCUT2D eigenvalue weighted by molar-refractivity contribution is 0.121. The zero-order valence-electron chi connectivity index (χ0n) is 10.3. The van der Waals surface area contributed by atoms with Gasteiger partial charge >= 0.3 is 0 Å². The summed E-state index contributed by atoms with van der Waals surface area (Å²) in [5, 5.41) is 4.00. The third-order valence-electron chi connectivity index (χ3n) is 3.13. The molecule has 1 saturated heterocycles. The van der Waals surface area contributed by atoms with Crippen molar-refractivity contribution < 1.29 is 9.26 Å². The van der Waals surface area contributed by atoms with E-state index in [1.54, 1.807) is 0 Å². The van der Waals surface area contributed by atoms with Gasteiger partial charge in [-0.05, 0) is 17.6 Å². The first-order valence-electron chi connectivity index (χ1n) is 6.18. The molecule has 1 fully saturated rings. The molecule has 2 N–H and O–H groups in total. The van der Waals surface area contributed by atoms with E-state index in [1.807, 2.05) is 0 Å². The number of hydrogen-bond donors (Lipinski definition) is 1. The first-order chi connectivity index (χ1) is 8.33. The second-order valence-corrected chi connectivity index (χ2v) is 4.30. The maximum Gasteiger partial charge on any atom is 0.266 e. The molecule has 96 valence electrons. The average molecular weight is 240 g/mol. The van der Waals surface area contributed by atoms with Crippen LogP contribution < -0.4 is 10.6 Å². The number of morpholine rings is 1. The van der Waals surface area contributed by atoms with Crippen LogP contribution in [0.5, 0.6) is 0 Å². The SMILES string of the molecule is CCC(CN)Cc1nc(N2CCOCC2)no1. The summed E-state index contributed by atoms with van der Waals surface area (Å²) < 4.78 is 10.5. The Balaban J connectivity index is 1.94. The number of hydrogen-bond acceptors (Lipinski definition) is 6. The fourth-order valence-corrected chi connectivity index (χ4v) is 1.86. The van der Waals surface area contributed by atoms with Gasteiger partial charge in [0, 0.05) is 19.5 Å². The van der Waals surface area contributed by atoms with Crippen molar-refractivity contribution in [2.45, 2.75) is 19.8 Å². The topological polar surface area (TPSA) is 77.4 Å². The molecule has 1 aromatic rings. The molecule has 1 unspecified atom stereocenters. The molecule has 2 heterocycles. The van der Waals surface area contributed by atoms with E-state index in [0.29, 0.717) is 24.3 Å². The third-order valence-corrected chi connectivity index (χ3v) is 3.13. The zero-order chi connectivity index (χ0) is 12.1. The molecule has 0 bridgehead atoms. The van der Waals surface area contributed by atoms with E-state index >= 15 is 0 Å². The van der Waals surface area contributed by atoms with E-state index in [0.717, 1.165) is 39.1 Å². The van der Waals surface area contributed by atoms with Gasteiger partial charge in [-0.25, -0.2) is 0 Å². The second-order valence-electron chi connectivity index (χ2n) is 4.30. The average Bonchev–Trinajstić information content (AvgIpc) is 2.85. The second kappa shape index (κ2) is 5.97. The molecule has 1 aliphatic heterocycles. The Morgan fingerprint density at radius 3 is 2.82 bits per heavy atom. The predicted octanol–water partition coefficient (Wildman–Crippen LogP) is 0.434. The molecule has 1 aliphatic rings. The standard InChI is InChI=1S/C11H20N4O2/c1-2-9(8-12)7-10-13-11(14-17-10)15-3-5-16-6-4-15/h9H,2-8,12H2,1H3. The molecule has 0 amide bonds. The first-order valence-corrected chi connectivity index (χ1v) is 6.18. The Morgan fingerprint density at radius 1 is 1.41 bits per heavy atom. The minimum Gasteiger partial charge on any atom is -0.378 e. The quantitative estimate of drug-likeness (QED) is 0.804. The molecular weight excluding hydrogens is 220 g/mol. The fraction of sp³-hybridized carbons (Fsp3) is 0.818. The van der Waals surface area contributed by atoms with Crippen LogP contribution in [0.4, 0.5) is 5.95 Å². The highest BCUT2D eigenvalue weighted by Crippen LogP contribution is 2.14. The molecule has 6 heteroatoms. The molecule has 0 radical (unpaired) electrons. The summed E-state index contributed by atoms with van der Waals surface area (Å²) in [5.41, 5.74) is 5.66. The van der Waals surface area contributed by atoms with Gasteiger partial charge in [0.15, 0.2) is 0 Å². The molecule has 17 heavy (non-hydrogen) atoms. The molecule has 0 saturated carbocycles. The van der Waals surface area contributed by atoms with Crippen molar-refractivity contribution in [1.82, 2.24) is 10.1 Å². The van der Waals surface area contributed by atoms with Crippen LogP contribution >= 0.6 is 0 Å². The van der Waals surface area contributed by atoms with Crippen molar-refractivity contribution in [3.05, 3.63) is 5.89 Å². The summed E-state index contributed by atoms with van der Waals surface area (Å²) >= 11 is 0. The highest BCUT2D eigenvalue weighted by molar-refractivity contribution is 5.27. The minimum atomic E-state index is 0.424. The summed E-state index contributed by atoms with van der Waals surface area (Å²) in [6.45, 7) is 5.89. The number of rotatable bonds is 5. The number of aromatic nitrogens is 2. The highest BCUT2D eigenvalue weighted by Gasteiger charge is 2.18. The maximum absolute atomic E-state index is 5.66. The van der Waals surface area contributed by atoms with Gasteiger partial charge in [0.25, 0.3) is 5.95 Å². The van der Waals surface area contributed by atoms with Gasteiger partial charge in [0.2, 0.25) is 5.89 Å². The molecule has 0 aromatic carbocycles. The highest BCUT2D eigenvalue weighted by atomic mass is 16.5. The van der Waals surface area contributed by atoms with E-state index in [9.17, 15) is 0 Å². The Bertz CT molecular complexity index is 332. The Hall–Kier alpha value is -1.14. The van der Waals surface area contributed by atoms with E-state index in [4.69, 9.17) is 15.0 Å². The summed E-state index contributed by atoms with van der Waals surface area (Å²) in [4.78, 5) is 6.49. The van der Waals surface area contributed by atoms with E-state index in [2.05, 4.69) is 22.0 Å². The van der Waals surface area contributed by atoms with Crippen molar-refractivity contribution in [3.63, 3.8) is 0 Å². The molecule has 0 aliphatic carbocycles. The lowest BCUT2D eigenvalue weighted by Gasteiger charge is -2.24. The van der Waals surface area contributed by atoms with E-state index in [1.165, 1.54) is 0 Å². The van der Waals surface area contributed by atoms with Crippen molar-refractivity contribution in [3.8, 4) is 0 Å². The van der Waals surface area contributed by atoms with Crippen LogP contribution in [0.25, 0.3) is 0 Å². The van der Waals surface area contributed by atoms with Crippen molar-refractivity contribution >= 4 is 5.95 Å². The fourth-order valence-electron chi connectivity index (χ4n) is 1.86. The number of nitrogens with two attached hydrogens (primary N) is 1. The van der Waals surface area contributed by atoms with Gasteiger partial charge in [-0.3, -0.25) is 0 Å². The summed E-state index contributed by atoms with van der Waals surface area (Å²) in [5.74, 6) is 1.78. The normalized spacial score (nSPS) is 18.4. The van der Waals surface area contributed by atoms with Crippen molar-refractivity contribution in [2.24, 2.45) is 11.7 Å². The van der Waals surface area contributed by atoms with Crippen molar-refractivity contribution in [1.29, 1.82) is 0 Å². The van der Waals surface area contributed by atoms with E-state index in [-0.39, 0.29) is 0 Å². The number of anilines is 1. The molecular formula is C11H20N4O2. The lowest BCUT2D eigenvalue weighted by atomic mass is 10.0. The molecule has 1 aromatic heterocycles. The summed E-state index contributed by atoms with van der Waals surface area (Å²) in [7, 11) is 0. The lowest BCUT2D eigenvalue weighted by Crippen LogP contribution is -2.36. The smallest absolute Gasteiger partial charge is 0.266 e. The van der Waals surface area contributed by atoms with E-state index < -0.39 is 0 Å². The van der Waals surface area contributed by atoms with Gasteiger partial charge in [-0.15, -0.1) is 0 Å². The van der Waals surface area contributed by atoms with Gasteiger partial charge in [0.1, 0.15) is 0 Å². The maximum atomic E-state index is 5.66. The van der Waals surface area contributed by atoms with Crippen LogP contribution in [0.15, 0.2) is 4.52 Å². The predicted molar refractivity (Wildman–Crippen MR) is 63.9 cm³/mol. The molecule has 1 atom stereocenters. The third kappa shape index (κ3) is 3.17. The Kier molecular flexibility index (Phi) is 4.33. The first kappa shape index (κ1) is 12.3. The van der Waals surface area contributed by atoms with Gasteiger partial charge in [-0.1, -0.05) is 13.3 Å². The van der Waals surface area contributed by atoms with Crippen LogP contribution in [0.2, 0.25) is 0 Å². The molecule has 6 nitrogen and oxygen atoms in total. The monoisotopic (exact) mass is 240 g/mol. The molecule has 0 spiro atoms. The molecule has 2 rings (SSSR count).